The Morgan fingerprint density at radius 1 is 1.53 bits per heavy atom. The summed E-state index contributed by atoms with van der Waals surface area (Å²) in [7, 11) is 0. The van der Waals surface area contributed by atoms with Gasteiger partial charge in [0, 0.05) is 12.6 Å². The molecule has 0 aromatic heterocycles. The maximum absolute atomic E-state index is 12.3. The van der Waals surface area contributed by atoms with Gasteiger partial charge in [-0.05, 0) is 45.1 Å². The first-order chi connectivity index (χ1) is 8.14. The highest BCUT2D eigenvalue weighted by Gasteiger charge is 2.36. The zero-order valence-electron chi connectivity index (χ0n) is 11.2. The summed E-state index contributed by atoms with van der Waals surface area (Å²) in [5, 5.41) is 6.61. The number of amides is 1. The van der Waals surface area contributed by atoms with Crippen molar-refractivity contribution in [2.75, 3.05) is 13.1 Å². The molecule has 2 unspecified atom stereocenters. The minimum absolute atomic E-state index is 0.185. The third-order valence-corrected chi connectivity index (χ3v) is 4.29. The summed E-state index contributed by atoms with van der Waals surface area (Å²) in [5.41, 5.74) is -0.185. The summed E-state index contributed by atoms with van der Waals surface area (Å²) >= 11 is 0. The lowest BCUT2D eigenvalue weighted by Crippen LogP contribution is -2.51. The van der Waals surface area contributed by atoms with E-state index in [1.807, 2.05) is 0 Å². The Morgan fingerprint density at radius 2 is 2.29 bits per heavy atom. The fourth-order valence-corrected chi connectivity index (χ4v) is 2.69. The Labute approximate surface area is 105 Å². The van der Waals surface area contributed by atoms with Crippen LogP contribution < -0.4 is 10.6 Å². The molecule has 0 aromatic rings. The Kier molecular flexibility index (Phi) is 4.08. The first kappa shape index (κ1) is 12.9. The number of piperidine rings is 1. The molecule has 2 aliphatic rings. The van der Waals surface area contributed by atoms with Crippen LogP contribution in [-0.4, -0.2) is 25.0 Å². The first-order valence-electron chi connectivity index (χ1n) is 7.16. The molecule has 0 aromatic carbocycles. The molecule has 1 heterocycles. The summed E-state index contributed by atoms with van der Waals surface area (Å²) in [4.78, 5) is 12.3. The highest BCUT2D eigenvalue weighted by molar-refractivity contribution is 5.82. The first-order valence-corrected chi connectivity index (χ1v) is 7.16. The Balaban J connectivity index is 1.84. The molecule has 2 fully saturated rings. The van der Waals surface area contributed by atoms with Crippen LogP contribution in [0.4, 0.5) is 0 Å². The van der Waals surface area contributed by atoms with Crippen molar-refractivity contribution < 1.29 is 4.79 Å². The number of nitrogens with one attached hydrogen (secondary N) is 2. The lowest BCUT2D eigenvalue weighted by atomic mass is 9.81. The molecule has 17 heavy (non-hydrogen) atoms. The molecule has 2 N–H and O–H groups in total. The highest BCUT2D eigenvalue weighted by atomic mass is 16.2. The molecule has 1 amide bonds. The fourth-order valence-electron chi connectivity index (χ4n) is 2.69. The van der Waals surface area contributed by atoms with E-state index in [2.05, 4.69) is 24.5 Å². The predicted molar refractivity (Wildman–Crippen MR) is 69.8 cm³/mol. The minimum atomic E-state index is -0.185. The van der Waals surface area contributed by atoms with Crippen LogP contribution in [-0.2, 0) is 4.79 Å². The molecule has 0 spiro atoms. The van der Waals surface area contributed by atoms with Crippen molar-refractivity contribution in [3.05, 3.63) is 0 Å². The summed E-state index contributed by atoms with van der Waals surface area (Å²) in [5.74, 6) is 1.15. The van der Waals surface area contributed by atoms with Crippen molar-refractivity contribution >= 4 is 5.91 Å². The Bertz CT molecular complexity index is 267. The lowest BCUT2D eigenvalue weighted by molar-refractivity contribution is -0.132. The monoisotopic (exact) mass is 238 g/mol. The van der Waals surface area contributed by atoms with Gasteiger partial charge >= 0.3 is 0 Å². The van der Waals surface area contributed by atoms with Gasteiger partial charge in [0.25, 0.3) is 0 Å². The number of rotatable bonds is 5. The zero-order valence-corrected chi connectivity index (χ0v) is 11.2. The second-order valence-corrected chi connectivity index (χ2v) is 6.10. The van der Waals surface area contributed by atoms with Crippen molar-refractivity contribution in [1.29, 1.82) is 0 Å². The maximum Gasteiger partial charge on any atom is 0.227 e. The van der Waals surface area contributed by atoms with Crippen LogP contribution in [0.1, 0.15) is 52.4 Å². The Morgan fingerprint density at radius 3 is 2.82 bits per heavy atom. The van der Waals surface area contributed by atoms with Gasteiger partial charge in [0.1, 0.15) is 0 Å². The van der Waals surface area contributed by atoms with Gasteiger partial charge in [-0.2, -0.15) is 0 Å². The zero-order chi connectivity index (χ0) is 12.3. The Hall–Kier alpha value is -0.570. The van der Waals surface area contributed by atoms with Crippen LogP contribution in [0.25, 0.3) is 0 Å². The van der Waals surface area contributed by atoms with E-state index in [0.717, 1.165) is 38.3 Å². The molecular weight excluding hydrogens is 212 g/mol. The predicted octanol–water partition coefficient (Wildman–Crippen LogP) is 2.07. The second kappa shape index (κ2) is 5.38. The standard InChI is InChI=1S/C14H26N2O/c1-3-12(9-11-5-6-11)16-13(17)14(2)7-4-8-15-10-14/h11-12,15H,3-10H2,1-2H3,(H,16,17). The maximum atomic E-state index is 12.3. The van der Waals surface area contributed by atoms with E-state index >= 15 is 0 Å². The van der Waals surface area contributed by atoms with Crippen LogP contribution in [0.5, 0.6) is 0 Å². The van der Waals surface area contributed by atoms with Gasteiger partial charge < -0.3 is 10.6 Å². The largest absolute Gasteiger partial charge is 0.353 e. The number of carbonyl (C=O) groups excluding carboxylic acids is 1. The van der Waals surface area contributed by atoms with Crippen LogP contribution >= 0.6 is 0 Å². The van der Waals surface area contributed by atoms with E-state index in [0.29, 0.717) is 6.04 Å². The van der Waals surface area contributed by atoms with Gasteiger partial charge in [-0.1, -0.05) is 19.8 Å². The van der Waals surface area contributed by atoms with Crippen molar-refractivity contribution in [3.63, 3.8) is 0 Å². The summed E-state index contributed by atoms with van der Waals surface area (Å²) < 4.78 is 0. The van der Waals surface area contributed by atoms with Gasteiger partial charge in [0.05, 0.1) is 5.41 Å². The van der Waals surface area contributed by atoms with Crippen molar-refractivity contribution in [3.8, 4) is 0 Å². The molecule has 98 valence electrons. The highest BCUT2D eigenvalue weighted by Crippen LogP contribution is 2.34. The molecule has 1 aliphatic heterocycles. The average Bonchev–Trinajstić information content (AvgIpc) is 3.13. The summed E-state index contributed by atoms with van der Waals surface area (Å²) in [6.45, 7) is 6.16. The summed E-state index contributed by atoms with van der Waals surface area (Å²) in [6.07, 6.45) is 7.11. The van der Waals surface area contributed by atoms with Gasteiger partial charge in [-0.3, -0.25) is 4.79 Å². The smallest absolute Gasteiger partial charge is 0.227 e. The third-order valence-electron chi connectivity index (χ3n) is 4.29. The normalized spacial score (nSPS) is 30.9. The molecule has 1 aliphatic carbocycles. The van der Waals surface area contributed by atoms with Gasteiger partial charge in [0.2, 0.25) is 5.91 Å². The van der Waals surface area contributed by atoms with E-state index in [1.54, 1.807) is 0 Å². The fraction of sp³-hybridized carbons (Fsp3) is 0.929. The molecule has 1 saturated heterocycles. The number of carbonyl (C=O) groups is 1. The van der Waals surface area contributed by atoms with Gasteiger partial charge in [0.15, 0.2) is 0 Å². The quantitative estimate of drug-likeness (QED) is 0.770. The molecule has 1 saturated carbocycles. The molecule has 0 bridgehead atoms. The molecule has 0 radical (unpaired) electrons. The van der Waals surface area contributed by atoms with Gasteiger partial charge in [-0.15, -0.1) is 0 Å². The summed E-state index contributed by atoms with van der Waals surface area (Å²) in [6, 6.07) is 0.397. The topological polar surface area (TPSA) is 41.1 Å². The van der Waals surface area contributed by atoms with Crippen LogP contribution in [0, 0.1) is 11.3 Å². The van der Waals surface area contributed by atoms with Crippen LogP contribution in [0.2, 0.25) is 0 Å². The van der Waals surface area contributed by atoms with Crippen LogP contribution in [0.3, 0.4) is 0 Å². The molecule has 3 heteroatoms. The van der Waals surface area contributed by atoms with E-state index in [1.165, 1.54) is 19.3 Å². The molecule has 2 rings (SSSR count). The molecule has 2 atom stereocenters. The number of hydrogen-bond donors (Lipinski definition) is 2. The third kappa shape index (κ3) is 3.44. The van der Waals surface area contributed by atoms with Crippen molar-refractivity contribution in [2.24, 2.45) is 11.3 Å². The SMILES string of the molecule is CCC(CC1CC1)NC(=O)C1(C)CCCNC1. The molecular formula is C14H26N2O. The van der Waals surface area contributed by atoms with E-state index < -0.39 is 0 Å². The number of hydrogen-bond acceptors (Lipinski definition) is 2. The van der Waals surface area contributed by atoms with E-state index in [-0.39, 0.29) is 11.3 Å². The second-order valence-electron chi connectivity index (χ2n) is 6.10. The van der Waals surface area contributed by atoms with E-state index in [9.17, 15) is 4.79 Å². The van der Waals surface area contributed by atoms with Crippen molar-refractivity contribution in [1.82, 2.24) is 10.6 Å². The van der Waals surface area contributed by atoms with Gasteiger partial charge in [-0.25, -0.2) is 0 Å². The van der Waals surface area contributed by atoms with Crippen LogP contribution in [0.15, 0.2) is 0 Å². The van der Waals surface area contributed by atoms with Crippen molar-refractivity contribution in [2.45, 2.75) is 58.4 Å². The average molecular weight is 238 g/mol. The van der Waals surface area contributed by atoms with E-state index in [4.69, 9.17) is 0 Å². The minimum Gasteiger partial charge on any atom is -0.353 e. The lowest BCUT2D eigenvalue weighted by Gasteiger charge is -2.34. The molecule has 3 nitrogen and oxygen atoms in total.